The van der Waals surface area contributed by atoms with Gasteiger partial charge in [-0.25, -0.2) is 10.1 Å². The summed E-state index contributed by atoms with van der Waals surface area (Å²) in [6.45, 7) is 3.37. The molecule has 0 aliphatic heterocycles. The maximum Gasteiger partial charge on any atom is 0.280 e. The highest BCUT2D eigenvalue weighted by Gasteiger charge is 2.16. The van der Waals surface area contributed by atoms with Crippen molar-refractivity contribution in [1.29, 1.82) is 0 Å². The van der Waals surface area contributed by atoms with Crippen LogP contribution in [0, 0.1) is 6.92 Å². The van der Waals surface area contributed by atoms with E-state index >= 15 is 0 Å². The van der Waals surface area contributed by atoms with E-state index in [1.807, 2.05) is 0 Å². The molecule has 1 amide bonds. The lowest BCUT2D eigenvalue weighted by Crippen LogP contribution is -2.23. The molecule has 2 aromatic carbocycles. The lowest BCUT2D eigenvalue weighted by atomic mass is 10.2. The number of nitrogens with two attached hydrogens (primary N) is 1. The van der Waals surface area contributed by atoms with Crippen molar-refractivity contribution in [3.63, 3.8) is 0 Å². The molecule has 0 fully saturated rings. The summed E-state index contributed by atoms with van der Waals surface area (Å²) in [5.74, 6) is -0.426. The van der Waals surface area contributed by atoms with E-state index in [1.54, 1.807) is 56.3 Å². The molecule has 0 saturated heterocycles. The lowest BCUT2D eigenvalue weighted by molar-refractivity contribution is 0.0955. The second-order valence-electron chi connectivity index (χ2n) is 6.11. The zero-order chi connectivity index (χ0) is 20.4. The van der Waals surface area contributed by atoms with Gasteiger partial charge in [-0.1, -0.05) is 29.3 Å². The van der Waals surface area contributed by atoms with Gasteiger partial charge in [0, 0.05) is 16.9 Å². The number of nitrogens with zero attached hydrogens (tertiary/aromatic N) is 2. The number of hydrogen-bond acceptors (Lipinski definition) is 4. The van der Waals surface area contributed by atoms with Gasteiger partial charge in [0.2, 0.25) is 0 Å². The molecule has 0 unspecified atom stereocenters. The van der Waals surface area contributed by atoms with Crippen LogP contribution in [-0.2, 0) is 0 Å². The smallest absolute Gasteiger partial charge is 0.280 e. The molecule has 4 N–H and O–H groups in total. The normalized spacial score (nSPS) is 11.5. The summed E-state index contributed by atoms with van der Waals surface area (Å²) in [6, 6.07) is 11.4. The Labute approximate surface area is 170 Å². The minimum atomic E-state index is -0.426. The Hall–Kier alpha value is -3.03. The Balaban J connectivity index is 1.90. The Morgan fingerprint density at radius 1 is 1.18 bits per heavy atom. The first-order valence-corrected chi connectivity index (χ1v) is 9.01. The predicted octanol–water partition coefficient (Wildman–Crippen LogP) is 3.52. The van der Waals surface area contributed by atoms with Gasteiger partial charge < -0.3 is 5.73 Å². The molecular formula is C19H17Cl2N5O2. The van der Waals surface area contributed by atoms with Gasteiger partial charge in [0.1, 0.15) is 0 Å². The van der Waals surface area contributed by atoms with E-state index in [0.717, 1.165) is 0 Å². The van der Waals surface area contributed by atoms with E-state index < -0.39 is 5.91 Å². The van der Waals surface area contributed by atoms with Gasteiger partial charge in [-0.05, 0) is 50.2 Å². The average Bonchev–Trinajstić information content (AvgIpc) is 2.96. The van der Waals surface area contributed by atoms with E-state index in [1.165, 1.54) is 4.68 Å². The highest BCUT2D eigenvalue weighted by Crippen LogP contribution is 2.24. The van der Waals surface area contributed by atoms with Crippen molar-refractivity contribution < 1.29 is 4.79 Å². The quantitative estimate of drug-likeness (QED) is 0.343. The standard InChI is InChI=1S/C19H17Cl2N5O2/c1-10(23-24-18(27)12-4-3-5-13(22)8-12)17-11(2)25-26(19(17)28)14-6-7-15(20)16(21)9-14/h3-9,25H,22H2,1-2H3,(H,24,27). The fraction of sp³-hybridized carbons (Fsp3) is 0.105. The van der Waals surface area contributed by atoms with Crippen molar-refractivity contribution in [2.24, 2.45) is 5.10 Å². The Morgan fingerprint density at radius 3 is 2.61 bits per heavy atom. The summed E-state index contributed by atoms with van der Waals surface area (Å²) < 4.78 is 1.34. The summed E-state index contributed by atoms with van der Waals surface area (Å²) in [5, 5.41) is 7.76. The van der Waals surface area contributed by atoms with Crippen molar-refractivity contribution in [3.05, 3.63) is 79.7 Å². The largest absolute Gasteiger partial charge is 0.399 e. The minimum absolute atomic E-state index is 0.324. The predicted molar refractivity (Wildman–Crippen MR) is 112 cm³/mol. The Bertz CT molecular complexity index is 1150. The number of anilines is 1. The van der Waals surface area contributed by atoms with Gasteiger partial charge in [0.05, 0.1) is 27.0 Å². The molecule has 1 aromatic heterocycles. The second kappa shape index (κ2) is 7.92. The maximum absolute atomic E-state index is 12.8. The fourth-order valence-electron chi connectivity index (χ4n) is 2.71. The topological polar surface area (TPSA) is 105 Å². The van der Waals surface area contributed by atoms with E-state index in [9.17, 15) is 9.59 Å². The van der Waals surface area contributed by atoms with E-state index in [2.05, 4.69) is 15.6 Å². The van der Waals surface area contributed by atoms with Gasteiger partial charge in [-0.15, -0.1) is 0 Å². The molecule has 3 aromatic rings. The number of halogens is 2. The van der Waals surface area contributed by atoms with Crippen molar-refractivity contribution in [2.45, 2.75) is 13.8 Å². The van der Waals surface area contributed by atoms with Crippen molar-refractivity contribution in [1.82, 2.24) is 15.2 Å². The van der Waals surface area contributed by atoms with Gasteiger partial charge in [-0.2, -0.15) is 5.10 Å². The molecule has 0 aliphatic rings. The van der Waals surface area contributed by atoms with Crippen molar-refractivity contribution in [2.75, 3.05) is 5.73 Å². The molecule has 9 heteroatoms. The number of nitrogens with one attached hydrogen (secondary N) is 2. The third kappa shape index (κ3) is 3.95. The highest BCUT2D eigenvalue weighted by molar-refractivity contribution is 6.42. The summed E-state index contributed by atoms with van der Waals surface area (Å²) >= 11 is 12.0. The first-order valence-electron chi connectivity index (χ1n) is 8.25. The van der Waals surface area contributed by atoms with Crippen LogP contribution >= 0.6 is 23.2 Å². The molecule has 1 heterocycles. The molecule has 0 atom stereocenters. The number of benzene rings is 2. The van der Waals surface area contributed by atoms with E-state index in [4.69, 9.17) is 28.9 Å². The molecule has 0 bridgehead atoms. The summed E-state index contributed by atoms with van der Waals surface area (Å²) in [4.78, 5) is 25.0. The summed E-state index contributed by atoms with van der Waals surface area (Å²) in [5.41, 5.74) is 10.5. The van der Waals surface area contributed by atoms with E-state index in [-0.39, 0.29) is 5.56 Å². The van der Waals surface area contributed by atoms with Crippen LogP contribution in [0.3, 0.4) is 0 Å². The van der Waals surface area contributed by atoms with Gasteiger partial charge in [0.25, 0.3) is 11.5 Å². The van der Waals surface area contributed by atoms with Crippen LogP contribution in [0.25, 0.3) is 5.69 Å². The fourth-order valence-corrected chi connectivity index (χ4v) is 3.01. The first kappa shape index (κ1) is 19.7. The van der Waals surface area contributed by atoms with Crippen LogP contribution in [0.5, 0.6) is 0 Å². The Kier molecular flexibility index (Phi) is 5.58. The van der Waals surface area contributed by atoms with E-state index in [0.29, 0.717) is 44.0 Å². The third-order valence-electron chi connectivity index (χ3n) is 4.07. The van der Waals surface area contributed by atoms with Crippen LogP contribution in [0.15, 0.2) is 52.4 Å². The van der Waals surface area contributed by atoms with Crippen LogP contribution in [0.1, 0.15) is 28.5 Å². The molecule has 0 spiro atoms. The molecule has 144 valence electrons. The summed E-state index contributed by atoms with van der Waals surface area (Å²) in [6.07, 6.45) is 0. The number of aromatic amines is 1. The molecule has 28 heavy (non-hydrogen) atoms. The molecular weight excluding hydrogens is 401 g/mol. The number of rotatable bonds is 4. The highest BCUT2D eigenvalue weighted by atomic mass is 35.5. The zero-order valence-corrected chi connectivity index (χ0v) is 16.6. The average molecular weight is 418 g/mol. The Morgan fingerprint density at radius 2 is 1.93 bits per heavy atom. The van der Waals surface area contributed by atoms with Crippen LogP contribution in [0.2, 0.25) is 10.0 Å². The molecule has 0 radical (unpaired) electrons. The second-order valence-corrected chi connectivity index (χ2v) is 6.93. The van der Waals surface area contributed by atoms with Crippen molar-refractivity contribution in [3.8, 4) is 5.69 Å². The number of nitrogen functional groups attached to an aromatic ring is 1. The number of aryl methyl sites for hydroxylation is 1. The number of H-pyrrole nitrogens is 1. The van der Waals surface area contributed by atoms with Gasteiger partial charge in [0.15, 0.2) is 0 Å². The van der Waals surface area contributed by atoms with Crippen LogP contribution in [-0.4, -0.2) is 21.4 Å². The number of carbonyl (C=O) groups is 1. The molecule has 0 saturated carbocycles. The number of hydrogen-bond donors (Lipinski definition) is 3. The molecule has 0 aliphatic carbocycles. The zero-order valence-electron chi connectivity index (χ0n) is 15.1. The monoisotopic (exact) mass is 417 g/mol. The number of hydrazone groups is 1. The molecule has 7 nitrogen and oxygen atoms in total. The minimum Gasteiger partial charge on any atom is -0.399 e. The van der Waals surface area contributed by atoms with Gasteiger partial charge >= 0.3 is 0 Å². The van der Waals surface area contributed by atoms with Crippen LogP contribution in [0.4, 0.5) is 5.69 Å². The summed E-state index contributed by atoms with van der Waals surface area (Å²) in [7, 11) is 0. The number of aromatic nitrogens is 2. The van der Waals surface area contributed by atoms with Gasteiger partial charge in [-0.3, -0.25) is 14.7 Å². The van der Waals surface area contributed by atoms with Crippen molar-refractivity contribution >= 4 is 40.5 Å². The molecule has 3 rings (SSSR count). The maximum atomic E-state index is 12.8. The number of carbonyl (C=O) groups excluding carboxylic acids is 1. The third-order valence-corrected chi connectivity index (χ3v) is 4.81. The first-order chi connectivity index (χ1) is 13.3. The number of amides is 1. The lowest BCUT2D eigenvalue weighted by Gasteiger charge is -2.03. The van der Waals surface area contributed by atoms with Crippen LogP contribution < -0.4 is 16.7 Å². The SMILES string of the molecule is CC(=NNC(=O)c1cccc(N)c1)c1c(C)[nH]n(-c2ccc(Cl)c(Cl)c2)c1=O.